The Bertz CT molecular complexity index is 1100. The third-order valence-electron chi connectivity index (χ3n) is 5.93. The van der Waals surface area contributed by atoms with Gasteiger partial charge in [-0.15, -0.1) is 0 Å². The van der Waals surface area contributed by atoms with Gasteiger partial charge in [0.05, 0.1) is 7.11 Å². The number of carbonyl (C=O) groups excluding carboxylic acids is 2. The van der Waals surface area contributed by atoms with Crippen molar-refractivity contribution in [3.05, 3.63) is 84.1 Å². The predicted molar refractivity (Wildman–Crippen MR) is 123 cm³/mol. The Kier molecular flexibility index (Phi) is 6.50. The van der Waals surface area contributed by atoms with E-state index in [1.807, 2.05) is 48.2 Å². The van der Waals surface area contributed by atoms with Crippen LogP contribution in [-0.4, -0.2) is 59.4 Å². The lowest BCUT2D eigenvalue weighted by Crippen LogP contribution is -2.59. The second-order valence-electron chi connectivity index (χ2n) is 7.75. The van der Waals surface area contributed by atoms with Gasteiger partial charge in [-0.3, -0.25) is 9.59 Å². The third-order valence-corrected chi connectivity index (χ3v) is 5.93. The van der Waals surface area contributed by atoms with Crippen molar-refractivity contribution < 1.29 is 14.3 Å². The fourth-order valence-electron chi connectivity index (χ4n) is 4.22. The summed E-state index contributed by atoms with van der Waals surface area (Å²) in [6, 6.07) is 20.9. The van der Waals surface area contributed by atoms with E-state index in [1.54, 1.807) is 23.2 Å². The highest BCUT2D eigenvalue weighted by molar-refractivity contribution is 5.98. The molecule has 0 N–H and O–H groups in total. The molecule has 6 heteroatoms. The summed E-state index contributed by atoms with van der Waals surface area (Å²) in [5.41, 5.74) is 3.68. The highest BCUT2D eigenvalue weighted by Crippen LogP contribution is 2.27. The van der Waals surface area contributed by atoms with Gasteiger partial charge in [-0.05, 0) is 29.7 Å². The molecule has 3 aromatic rings. The summed E-state index contributed by atoms with van der Waals surface area (Å²) in [6.07, 6.45) is 2.00. The fourth-order valence-corrected chi connectivity index (χ4v) is 4.22. The van der Waals surface area contributed by atoms with Gasteiger partial charge in [-0.2, -0.15) is 0 Å². The van der Waals surface area contributed by atoms with Gasteiger partial charge in [0, 0.05) is 43.9 Å². The maximum atomic E-state index is 13.4. The SMILES string of the molecule is CCN1CCN(C(=O)c2ccnc(OC)c2)[C@H](Cc2ccccc2-c2ccccc2)C1=O. The summed E-state index contributed by atoms with van der Waals surface area (Å²) in [6.45, 7) is 3.61. The first-order valence-electron chi connectivity index (χ1n) is 10.9. The van der Waals surface area contributed by atoms with Gasteiger partial charge >= 0.3 is 0 Å². The summed E-state index contributed by atoms with van der Waals surface area (Å²) >= 11 is 0. The lowest BCUT2D eigenvalue weighted by Gasteiger charge is -2.40. The van der Waals surface area contributed by atoms with E-state index in [-0.39, 0.29) is 11.8 Å². The molecule has 1 aromatic heterocycles. The minimum Gasteiger partial charge on any atom is -0.481 e. The number of pyridine rings is 1. The van der Waals surface area contributed by atoms with Crippen molar-refractivity contribution >= 4 is 11.8 Å². The molecule has 1 atom stereocenters. The molecule has 1 aliphatic heterocycles. The Morgan fingerprint density at radius 1 is 1.06 bits per heavy atom. The number of benzene rings is 2. The van der Waals surface area contributed by atoms with Crippen molar-refractivity contribution in [2.24, 2.45) is 0 Å². The number of hydrogen-bond acceptors (Lipinski definition) is 4. The van der Waals surface area contributed by atoms with E-state index in [0.717, 1.165) is 16.7 Å². The first-order chi connectivity index (χ1) is 15.6. The van der Waals surface area contributed by atoms with E-state index < -0.39 is 6.04 Å². The average molecular weight is 430 g/mol. The van der Waals surface area contributed by atoms with Crippen LogP contribution in [-0.2, 0) is 11.2 Å². The molecule has 2 aromatic carbocycles. The summed E-state index contributed by atoms with van der Waals surface area (Å²) < 4.78 is 5.18. The number of piperazine rings is 1. The van der Waals surface area contributed by atoms with E-state index in [1.165, 1.54) is 7.11 Å². The van der Waals surface area contributed by atoms with E-state index >= 15 is 0 Å². The molecule has 6 nitrogen and oxygen atoms in total. The quantitative estimate of drug-likeness (QED) is 0.600. The highest BCUT2D eigenvalue weighted by atomic mass is 16.5. The van der Waals surface area contributed by atoms with Gasteiger partial charge in [-0.25, -0.2) is 4.98 Å². The minimum absolute atomic E-state index is 0.0176. The largest absolute Gasteiger partial charge is 0.481 e. The van der Waals surface area contributed by atoms with Crippen molar-refractivity contribution in [3.63, 3.8) is 0 Å². The Hall–Kier alpha value is -3.67. The maximum absolute atomic E-state index is 13.4. The van der Waals surface area contributed by atoms with Gasteiger partial charge in [0.1, 0.15) is 6.04 Å². The van der Waals surface area contributed by atoms with Crippen LogP contribution < -0.4 is 4.74 Å². The van der Waals surface area contributed by atoms with Crippen molar-refractivity contribution in [3.8, 4) is 17.0 Å². The number of aromatic nitrogens is 1. The number of amides is 2. The van der Waals surface area contributed by atoms with Crippen molar-refractivity contribution in [2.45, 2.75) is 19.4 Å². The molecule has 1 saturated heterocycles. The van der Waals surface area contributed by atoms with E-state index in [0.29, 0.717) is 37.5 Å². The zero-order chi connectivity index (χ0) is 22.5. The van der Waals surface area contributed by atoms with Gasteiger partial charge in [-0.1, -0.05) is 54.6 Å². The highest BCUT2D eigenvalue weighted by Gasteiger charge is 2.37. The third kappa shape index (κ3) is 4.35. The zero-order valence-electron chi connectivity index (χ0n) is 18.4. The van der Waals surface area contributed by atoms with E-state index in [4.69, 9.17) is 4.74 Å². The van der Waals surface area contributed by atoms with Crippen LogP contribution >= 0.6 is 0 Å². The van der Waals surface area contributed by atoms with Gasteiger partial charge in [0.15, 0.2) is 0 Å². The fraction of sp³-hybridized carbons (Fsp3) is 0.269. The molecule has 2 amide bonds. The van der Waals surface area contributed by atoms with Crippen molar-refractivity contribution in [2.75, 3.05) is 26.7 Å². The number of likely N-dealkylation sites (N-methyl/N-ethyl adjacent to an activating group) is 1. The maximum Gasteiger partial charge on any atom is 0.254 e. The smallest absolute Gasteiger partial charge is 0.254 e. The predicted octanol–water partition coefficient (Wildman–Crippen LogP) is 3.67. The van der Waals surface area contributed by atoms with Crippen LogP contribution in [0.15, 0.2) is 72.9 Å². The summed E-state index contributed by atoms with van der Waals surface area (Å²) in [7, 11) is 1.52. The lowest BCUT2D eigenvalue weighted by molar-refractivity contribution is -0.139. The average Bonchev–Trinajstić information content (AvgIpc) is 2.85. The number of methoxy groups -OCH3 is 1. The molecule has 0 aliphatic carbocycles. The first kappa shape index (κ1) is 21.6. The molecule has 2 heterocycles. The summed E-state index contributed by atoms with van der Waals surface area (Å²) in [5, 5.41) is 0. The van der Waals surface area contributed by atoms with E-state index in [2.05, 4.69) is 23.2 Å². The standard InChI is InChI=1S/C26H27N3O3/c1-3-28-15-16-29(25(30)21-13-14-27-24(18-21)32-2)23(26(28)31)17-20-11-7-8-12-22(20)19-9-5-4-6-10-19/h4-14,18,23H,3,15-17H2,1-2H3/t23-/m1/s1. The Labute approximate surface area is 188 Å². The number of hydrogen-bond donors (Lipinski definition) is 0. The van der Waals surface area contributed by atoms with Crippen molar-refractivity contribution in [1.29, 1.82) is 0 Å². The Balaban J connectivity index is 1.69. The second kappa shape index (κ2) is 9.64. The molecule has 32 heavy (non-hydrogen) atoms. The number of nitrogens with zero attached hydrogens (tertiary/aromatic N) is 3. The molecule has 1 fully saturated rings. The normalized spacial score (nSPS) is 16.2. The van der Waals surface area contributed by atoms with Crippen LogP contribution in [0.5, 0.6) is 5.88 Å². The number of rotatable bonds is 6. The molecule has 164 valence electrons. The second-order valence-corrected chi connectivity index (χ2v) is 7.75. The molecule has 0 saturated carbocycles. The molecule has 0 bridgehead atoms. The molecular weight excluding hydrogens is 402 g/mol. The topological polar surface area (TPSA) is 62.7 Å². The van der Waals surface area contributed by atoms with Crippen LogP contribution in [0.25, 0.3) is 11.1 Å². The Morgan fingerprint density at radius 3 is 2.56 bits per heavy atom. The lowest BCUT2D eigenvalue weighted by atomic mass is 9.93. The molecule has 0 spiro atoms. The van der Waals surface area contributed by atoms with Crippen LogP contribution in [0.2, 0.25) is 0 Å². The molecule has 1 aliphatic rings. The zero-order valence-corrected chi connectivity index (χ0v) is 18.4. The monoisotopic (exact) mass is 429 g/mol. The van der Waals surface area contributed by atoms with Crippen LogP contribution in [0.4, 0.5) is 0 Å². The molecule has 0 unspecified atom stereocenters. The first-order valence-corrected chi connectivity index (χ1v) is 10.9. The number of carbonyl (C=O) groups is 2. The summed E-state index contributed by atoms with van der Waals surface area (Å²) in [5.74, 6) is 0.174. The number of ether oxygens (including phenoxy) is 1. The van der Waals surface area contributed by atoms with Gasteiger partial charge in [0.2, 0.25) is 11.8 Å². The minimum atomic E-state index is -0.569. The summed E-state index contributed by atoms with van der Waals surface area (Å²) in [4.78, 5) is 34.4. The van der Waals surface area contributed by atoms with E-state index in [9.17, 15) is 9.59 Å². The van der Waals surface area contributed by atoms with Crippen LogP contribution in [0, 0.1) is 0 Å². The molecular formula is C26H27N3O3. The molecule has 0 radical (unpaired) electrons. The Morgan fingerprint density at radius 2 is 1.81 bits per heavy atom. The van der Waals surface area contributed by atoms with Crippen molar-refractivity contribution in [1.82, 2.24) is 14.8 Å². The van der Waals surface area contributed by atoms with Crippen LogP contribution in [0.1, 0.15) is 22.8 Å². The van der Waals surface area contributed by atoms with Gasteiger partial charge in [0.25, 0.3) is 5.91 Å². The van der Waals surface area contributed by atoms with Crippen LogP contribution in [0.3, 0.4) is 0 Å². The molecule has 4 rings (SSSR count). The van der Waals surface area contributed by atoms with Gasteiger partial charge < -0.3 is 14.5 Å².